The van der Waals surface area contributed by atoms with Gasteiger partial charge >= 0.3 is 0 Å². The summed E-state index contributed by atoms with van der Waals surface area (Å²) in [4.78, 5) is 0. The third-order valence-electron chi connectivity index (χ3n) is 2.99. The Morgan fingerprint density at radius 3 is 2.58 bits per heavy atom. The largest absolute Gasteiger partial charge is 0.309 e. The molecule has 1 nitrogen and oxygen atoms in total. The Labute approximate surface area is 80.7 Å². The lowest BCUT2D eigenvalue weighted by molar-refractivity contribution is 0.236. The minimum absolute atomic E-state index is 0.460. The molecule has 0 radical (unpaired) electrons. The maximum atomic E-state index is 3.69. The Bertz CT molecular complexity index is 145. The molecule has 0 aliphatic carbocycles. The molecule has 0 saturated carbocycles. The third-order valence-corrected chi connectivity index (χ3v) is 4.30. The zero-order valence-electron chi connectivity index (χ0n) is 8.68. The number of thioether (sulfide) groups is 1. The molecule has 1 saturated heterocycles. The van der Waals surface area contributed by atoms with Crippen LogP contribution in [0.3, 0.4) is 0 Å². The average Bonchev–Trinajstić information content (AvgIpc) is 2.05. The summed E-state index contributed by atoms with van der Waals surface area (Å²) >= 11 is 2.09. The van der Waals surface area contributed by atoms with E-state index in [2.05, 4.69) is 44.8 Å². The minimum Gasteiger partial charge on any atom is -0.309 e. The van der Waals surface area contributed by atoms with E-state index < -0.39 is 0 Å². The summed E-state index contributed by atoms with van der Waals surface area (Å²) in [7, 11) is 0. The van der Waals surface area contributed by atoms with Gasteiger partial charge in [0.05, 0.1) is 0 Å². The normalized spacial score (nSPS) is 32.0. The molecule has 1 N–H and O–H groups in total. The Kier molecular flexibility index (Phi) is 3.47. The summed E-state index contributed by atoms with van der Waals surface area (Å²) in [6, 6.07) is 1.40. The van der Waals surface area contributed by atoms with Gasteiger partial charge in [-0.05, 0) is 18.8 Å². The van der Waals surface area contributed by atoms with Crippen molar-refractivity contribution < 1.29 is 0 Å². The van der Waals surface area contributed by atoms with Crippen molar-refractivity contribution in [3.05, 3.63) is 0 Å². The lowest BCUT2D eigenvalue weighted by atomic mass is 9.82. The van der Waals surface area contributed by atoms with Crippen molar-refractivity contribution in [2.75, 3.05) is 11.5 Å². The highest BCUT2D eigenvalue weighted by molar-refractivity contribution is 7.99. The smallest absolute Gasteiger partial charge is 0.0212 e. The molecule has 2 atom stereocenters. The van der Waals surface area contributed by atoms with Gasteiger partial charge in [-0.15, -0.1) is 0 Å². The van der Waals surface area contributed by atoms with Gasteiger partial charge in [0.2, 0.25) is 0 Å². The minimum atomic E-state index is 0.460. The molecular weight excluding hydrogens is 166 g/mol. The van der Waals surface area contributed by atoms with E-state index in [1.54, 1.807) is 0 Å². The molecule has 1 heterocycles. The quantitative estimate of drug-likeness (QED) is 0.713. The average molecular weight is 187 g/mol. The SMILES string of the molecule is CCC(C)(C)C1CSCC(C)N1. The summed E-state index contributed by atoms with van der Waals surface area (Å²) in [6.07, 6.45) is 1.26. The van der Waals surface area contributed by atoms with Crippen LogP contribution in [0.5, 0.6) is 0 Å². The molecule has 12 heavy (non-hydrogen) atoms. The van der Waals surface area contributed by atoms with Crippen LogP contribution < -0.4 is 5.32 Å². The van der Waals surface area contributed by atoms with Crippen molar-refractivity contribution >= 4 is 11.8 Å². The number of hydrogen-bond donors (Lipinski definition) is 1. The van der Waals surface area contributed by atoms with Crippen LogP contribution in [0.1, 0.15) is 34.1 Å². The highest BCUT2D eigenvalue weighted by Crippen LogP contribution is 2.30. The first kappa shape index (κ1) is 10.4. The van der Waals surface area contributed by atoms with Gasteiger partial charge in [0.1, 0.15) is 0 Å². The monoisotopic (exact) mass is 187 g/mol. The first-order valence-corrected chi connectivity index (χ1v) is 6.05. The number of hydrogen-bond acceptors (Lipinski definition) is 2. The molecule has 1 aliphatic rings. The van der Waals surface area contributed by atoms with E-state index in [-0.39, 0.29) is 0 Å². The van der Waals surface area contributed by atoms with Crippen molar-refractivity contribution in [3.8, 4) is 0 Å². The zero-order valence-corrected chi connectivity index (χ0v) is 9.50. The fourth-order valence-corrected chi connectivity index (χ4v) is 2.87. The van der Waals surface area contributed by atoms with E-state index in [1.807, 2.05) is 0 Å². The standard InChI is InChI=1S/C10H21NS/c1-5-10(3,4)9-7-12-6-8(2)11-9/h8-9,11H,5-7H2,1-4H3. The van der Waals surface area contributed by atoms with Gasteiger partial charge < -0.3 is 5.32 Å². The summed E-state index contributed by atoms with van der Waals surface area (Å²) in [5, 5.41) is 3.69. The molecule has 0 aromatic heterocycles. The lowest BCUT2D eigenvalue weighted by Gasteiger charge is -2.39. The summed E-state index contributed by atoms with van der Waals surface area (Å²) in [5.41, 5.74) is 0.460. The fraction of sp³-hybridized carbons (Fsp3) is 1.00. The van der Waals surface area contributed by atoms with E-state index in [0.29, 0.717) is 17.5 Å². The Hall–Kier alpha value is 0.310. The van der Waals surface area contributed by atoms with Gasteiger partial charge in [-0.2, -0.15) is 11.8 Å². The fourth-order valence-electron chi connectivity index (χ4n) is 1.50. The first-order chi connectivity index (χ1) is 5.56. The van der Waals surface area contributed by atoms with Crippen molar-refractivity contribution in [1.82, 2.24) is 5.32 Å². The van der Waals surface area contributed by atoms with Crippen molar-refractivity contribution in [2.24, 2.45) is 5.41 Å². The van der Waals surface area contributed by atoms with Crippen LogP contribution in [0, 0.1) is 5.41 Å². The topological polar surface area (TPSA) is 12.0 Å². The zero-order chi connectivity index (χ0) is 9.19. The Balaban J connectivity index is 2.50. The highest BCUT2D eigenvalue weighted by atomic mass is 32.2. The molecule has 0 aromatic rings. The second-order valence-corrected chi connectivity index (χ2v) is 5.57. The summed E-state index contributed by atoms with van der Waals surface area (Å²) in [6.45, 7) is 9.29. The molecule has 0 bridgehead atoms. The van der Waals surface area contributed by atoms with E-state index in [0.717, 1.165) is 0 Å². The highest BCUT2D eigenvalue weighted by Gasteiger charge is 2.30. The molecule has 1 fully saturated rings. The van der Waals surface area contributed by atoms with E-state index in [4.69, 9.17) is 0 Å². The van der Waals surface area contributed by atoms with Gasteiger partial charge in [0.25, 0.3) is 0 Å². The molecule has 1 rings (SSSR count). The van der Waals surface area contributed by atoms with Crippen molar-refractivity contribution in [3.63, 3.8) is 0 Å². The second kappa shape index (κ2) is 4.01. The maximum Gasteiger partial charge on any atom is 0.0212 e. The van der Waals surface area contributed by atoms with Crippen LogP contribution in [0.4, 0.5) is 0 Å². The molecule has 0 spiro atoms. The summed E-state index contributed by atoms with van der Waals surface area (Å²) < 4.78 is 0. The molecule has 1 aliphatic heterocycles. The number of nitrogens with one attached hydrogen (secondary N) is 1. The van der Waals surface area contributed by atoms with Gasteiger partial charge in [0, 0.05) is 23.6 Å². The van der Waals surface area contributed by atoms with Gasteiger partial charge in [0.15, 0.2) is 0 Å². The molecule has 2 unspecified atom stereocenters. The van der Waals surface area contributed by atoms with Crippen LogP contribution in [-0.4, -0.2) is 23.6 Å². The van der Waals surface area contributed by atoms with Crippen LogP contribution in [0.15, 0.2) is 0 Å². The maximum absolute atomic E-state index is 3.69. The molecule has 2 heteroatoms. The summed E-state index contributed by atoms with van der Waals surface area (Å²) in [5.74, 6) is 2.56. The molecule has 0 amide bonds. The van der Waals surface area contributed by atoms with Crippen LogP contribution >= 0.6 is 11.8 Å². The van der Waals surface area contributed by atoms with Gasteiger partial charge in [-0.3, -0.25) is 0 Å². The van der Waals surface area contributed by atoms with Gasteiger partial charge in [-0.1, -0.05) is 20.8 Å². The van der Waals surface area contributed by atoms with E-state index >= 15 is 0 Å². The molecule has 0 aromatic carbocycles. The van der Waals surface area contributed by atoms with Crippen molar-refractivity contribution in [1.29, 1.82) is 0 Å². The molecular formula is C10H21NS. The molecule has 72 valence electrons. The van der Waals surface area contributed by atoms with Crippen LogP contribution in [0.25, 0.3) is 0 Å². The second-order valence-electron chi connectivity index (χ2n) is 4.50. The third kappa shape index (κ3) is 2.40. The van der Waals surface area contributed by atoms with Crippen molar-refractivity contribution in [2.45, 2.75) is 46.2 Å². The number of rotatable bonds is 2. The van der Waals surface area contributed by atoms with E-state index in [9.17, 15) is 0 Å². The van der Waals surface area contributed by atoms with Gasteiger partial charge in [-0.25, -0.2) is 0 Å². The Morgan fingerprint density at radius 1 is 1.42 bits per heavy atom. The lowest BCUT2D eigenvalue weighted by Crippen LogP contribution is -2.51. The predicted octanol–water partition coefficient (Wildman–Crippen LogP) is 2.52. The predicted molar refractivity (Wildman–Crippen MR) is 57.8 cm³/mol. The first-order valence-electron chi connectivity index (χ1n) is 4.90. The van der Waals surface area contributed by atoms with E-state index in [1.165, 1.54) is 17.9 Å². The van der Waals surface area contributed by atoms with Crippen LogP contribution in [0.2, 0.25) is 0 Å². The van der Waals surface area contributed by atoms with Crippen LogP contribution in [-0.2, 0) is 0 Å². The Morgan fingerprint density at radius 2 is 2.08 bits per heavy atom.